The Morgan fingerprint density at radius 1 is 1.26 bits per heavy atom. The molecule has 1 N–H and O–H groups in total. The van der Waals surface area contributed by atoms with Gasteiger partial charge in [0, 0.05) is 37.7 Å². The van der Waals surface area contributed by atoms with Gasteiger partial charge in [0.05, 0.1) is 5.69 Å². The van der Waals surface area contributed by atoms with E-state index in [1.807, 2.05) is 0 Å². The molecule has 0 bridgehead atoms. The van der Waals surface area contributed by atoms with Crippen molar-refractivity contribution in [3.63, 3.8) is 0 Å². The average Bonchev–Trinajstić information content (AvgIpc) is 2.78. The molecule has 106 valence electrons. The van der Waals surface area contributed by atoms with Gasteiger partial charge in [-0.05, 0) is 18.8 Å². The largest absolute Gasteiger partial charge is 0.331 e. The predicted octanol–water partition coefficient (Wildman–Crippen LogP) is 3.23. The van der Waals surface area contributed by atoms with Crippen LogP contribution in [0, 0.1) is 5.92 Å². The van der Waals surface area contributed by atoms with Crippen molar-refractivity contribution in [3.8, 4) is 0 Å². The van der Waals surface area contributed by atoms with E-state index in [4.69, 9.17) is 4.98 Å². The molecule has 2 aliphatic rings. The molecule has 1 saturated carbocycles. The molecule has 1 aromatic rings. The lowest BCUT2D eigenvalue weighted by atomic mass is 9.88. The Morgan fingerprint density at radius 3 is 2.79 bits per heavy atom. The summed E-state index contributed by atoms with van der Waals surface area (Å²) in [5.74, 6) is 2.83. The van der Waals surface area contributed by atoms with Crippen LogP contribution in [0.1, 0.15) is 69.1 Å². The Kier molecular flexibility index (Phi) is 3.92. The molecule has 3 nitrogen and oxygen atoms in total. The van der Waals surface area contributed by atoms with Crippen LogP contribution >= 0.6 is 0 Å². The molecular weight excluding hydrogens is 234 g/mol. The fourth-order valence-corrected chi connectivity index (χ4v) is 3.63. The van der Waals surface area contributed by atoms with Crippen molar-refractivity contribution >= 4 is 0 Å². The van der Waals surface area contributed by atoms with Gasteiger partial charge in [0.15, 0.2) is 0 Å². The van der Waals surface area contributed by atoms with Crippen molar-refractivity contribution in [2.75, 3.05) is 6.54 Å². The van der Waals surface area contributed by atoms with E-state index in [0.29, 0.717) is 5.92 Å². The fourth-order valence-electron chi connectivity index (χ4n) is 3.63. The summed E-state index contributed by atoms with van der Waals surface area (Å²) >= 11 is 0. The molecular formula is C16H27N3. The van der Waals surface area contributed by atoms with Gasteiger partial charge >= 0.3 is 0 Å². The van der Waals surface area contributed by atoms with Gasteiger partial charge in [-0.1, -0.05) is 33.1 Å². The minimum Gasteiger partial charge on any atom is -0.331 e. The SMILES string of the molecule is CC(C)Cn1c(C2CCCCC2)nc2c1CCNC2. The summed E-state index contributed by atoms with van der Waals surface area (Å²) in [5.41, 5.74) is 2.85. The highest BCUT2D eigenvalue weighted by atomic mass is 15.1. The minimum atomic E-state index is 0.704. The third kappa shape index (κ3) is 2.71. The molecule has 0 aromatic carbocycles. The summed E-state index contributed by atoms with van der Waals surface area (Å²) in [6.45, 7) is 7.87. The summed E-state index contributed by atoms with van der Waals surface area (Å²) in [4.78, 5) is 5.03. The monoisotopic (exact) mass is 261 g/mol. The van der Waals surface area contributed by atoms with E-state index in [1.165, 1.54) is 49.3 Å². The zero-order valence-corrected chi connectivity index (χ0v) is 12.4. The number of imidazole rings is 1. The molecule has 2 heterocycles. The molecule has 1 aliphatic heterocycles. The Hall–Kier alpha value is -0.830. The first-order valence-corrected chi connectivity index (χ1v) is 8.04. The fraction of sp³-hybridized carbons (Fsp3) is 0.812. The van der Waals surface area contributed by atoms with Gasteiger partial charge in [0.2, 0.25) is 0 Å². The van der Waals surface area contributed by atoms with Gasteiger partial charge in [0.1, 0.15) is 5.82 Å². The first kappa shape index (κ1) is 13.2. The van der Waals surface area contributed by atoms with Crippen molar-refractivity contribution in [1.82, 2.24) is 14.9 Å². The molecule has 19 heavy (non-hydrogen) atoms. The number of hydrogen-bond acceptors (Lipinski definition) is 2. The Morgan fingerprint density at radius 2 is 2.05 bits per heavy atom. The minimum absolute atomic E-state index is 0.704. The van der Waals surface area contributed by atoms with Crippen LogP contribution in [0.5, 0.6) is 0 Å². The molecule has 1 aliphatic carbocycles. The molecule has 0 atom stereocenters. The summed E-state index contributed by atoms with van der Waals surface area (Å²) in [6.07, 6.45) is 8.05. The van der Waals surface area contributed by atoms with Gasteiger partial charge in [0.25, 0.3) is 0 Å². The number of nitrogens with zero attached hydrogens (tertiary/aromatic N) is 2. The maximum atomic E-state index is 5.03. The third-order valence-electron chi connectivity index (χ3n) is 4.53. The van der Waals surface area contributed by atoms with Crippen LogP contribution in [0.25, 0.3) is 0 Å². The maximum absolute atomic E-state index is 5.03. The molecule has 0 radical (unpaired) electrons. The molecule has 0 saturated heterocycles. The molecule has 0 spiro atoms. The van der Waals surface area contributed by atoms with E-state index in [-0.39, 0.29) is 0 Å². The van der Waals surface area contributed by atoms with Crippen LogP contribution < -0.4 is 5.32 Å². The second kappa shape index (κ2) is 5.66. The van der Waals surface area contributed by atoms with Crippen molar-refractivity contribution in [2.45, 2.75) is 71.4 Å². The normalized spacial score (nSPS) is 20.8. The second-order valence-electron chi connectivity index (χ2n) is 6.63. The zero-order valence-electron chi connectivity index (χ0n) is 12.4. The van der Waals surface area contributed by atoms with Crippen molar-refractivity contribution in [1.29, 1.82) is 0 Å². The molecule has 1 fully saturated rings. The van der Waals surface area contributed by atoms with E-state index >= 15 is 0 Å². The predicted molar refractivity (Wildman–Crippen MR) is 78.3 cm³/mol. The number of nitrogens with one attached hydrogen (secondary N) is 1. The van der Waals surface area contributed by atoms with Crippen LogP contribution in [-0.2, 0) is 19.5 Å². The maximum Gasteiger partial charge on any atom is 0.112 e. The van der Waals surface area contributed by atoms with E-state index in [0.717, 1.165) is 32.0 Å². The number of rotatable bonds is 3. The van der Waals surface area contributed by atoms with Gasteiger partial charge in [-0.25, -0.2) is 4.98 Å². The lowest BCUT2D eigenvalue weighted by Gasteiger charge is -2.24. The standard InChI is InChI=1S/C16H27N3/c1-12(2)11-19-15-8-9-17-10-14(15)18-16(19)13-6-4-3-5-7-13/h12-13,17H,3-11H2,1-2H3. The number of aromatic nitrogens is 2. The molecule has 1 aromatic heterocycles. The highest BCUT2D eigenvalue weighted by Crippen LogP contribution is 2.34. The van der Waals surface area contributed by atoms with Crippen molar-refractivity contribution in [2.24, 2.45) is 5.92 Å². The number of fused-ring (bicyclic) bond motifs is 1. The Labute approximate surface area is 116 Å². The molecule has 3 heteroatoms. The van der Waals surface area contributed by atoms with Crippen LogP contribution in [0.15, 0.2) is 0 Å². The molecule has 0 unspecified atom stereocenters. The highest BCUT2D eigenvalue weighted by molar-refractivity contribution is 5.22. The van der Waals surface area contributed by atoms with Crippen LogP contribution in [-0.4, -0.2) is 16.1 Å². The summed E-state index contributed by atoms with van der Waals surface area (Å²) in [6, 6.07) is 0. The molecule has 0 amide bonds. The van der Waals surface area contributed by atoms with Crippen LogP contribution in [0.3, 0.4) is 0 Å². The van der Waals surface area contributed by atoms with Crippen LogP contribution in [0.4, 0.5) is 0 Å². The Bertz CT molecular complexity index is 427. The van der Waals surface area contributed by atoms with Gasteiger partial charge < -0.3 is 9.88 Å². The third-order valence-corrected chi connectivity index (χ3v) is 4.53. The van der Waals surface area contributed by atoms with E-state index in [2.05, 4.69) is 23.7 Å². The molecule has 3 rings (SSSR count). The van der Waals surface area contributed by atoms with Gasteiger partial charge in [-0.2, -0.15) is 0 Å². The summed E-state index contributed by atoms with van der Waals surface area (Å²) in [5, 5.41) is 3.46. The second-order valence-corrected chi connectivity index (χ2v) is 6.63. The van der Waals surface area contributed by atoms with Crippen LogP contribution in [0.2, 0.25) is 0 Å². The average molecular weight is 261 g/mol. The van der Waals surface area contributed by atoms with E-state index in [9.17, 15) is 0 Å². The quantitative estimate of drug-likeness (QED) is 0.905. The smallest absolute Gasteiger partial charge is 0.112 e. The van der Waals surface area contributed by atoms with E-state index in [1.54, 1.807) is 0 Å². The topological polar surface area (TPSA) is 29.9 Å². The summed E-state index contributed by atoms with van der Waals surface area (Å²) in [7, 11) is 0. The van der Waals surface area contributed by atoms with Crippen molar-refractivity contribution in [3.05, 3.63) is 17.2 Å². The number of hydrogen-bond donors (Lipinski definition) is 1. The van der Waals surface area contributed by atoms with Crippen molar-refractivity contribution < 1.29 is 0 Å². The Balaban J connectivity index is 1.94. The first-order chi connectivity index (χ1) is 9.25. The lowest BCUT2D eigenvalue weighted by Crippen LogP contribution is -2.25. The van der Waals surface area contributed by atoms with Gasteiger partial charge in [-0.3, -0.25) is 0 Å². The first-order valence-electron chi connectivity index (χ1n) is 8.04. The lowest BCUT2D eigenvalue weighted by molar-refractivity contribution is 0.399. The van der Waals surface area contributed by atoms with E-state index < -0.39 is 0 Å². The van der Waals surface area contributed by atoms with Gasteiger partial charge in [-0.15, -0.1) is 0 Å². The highest BCUT2D eigenvalue weighted by Gasteiger charge is 2.26. The summed E-state index contributed by atoms with van der Waals surface area (Å²) < 4.78 is 2.58. The zero-order chi connectivity index (χ0) is 13.2.